The number of para-hydroxylation sites is 1. The maximum absolute atomic E-state index is 6.02. The molecule has 0 fully saturated rings. The molecule has 1 aromatic carbocycles. The number of aromatic nitrogens is 4. The first kappa shape index (κ1) is 14.9. The molecular formula is C19H16N6. The van der Waals surface area contributed by atoms with Gasteiger partial charge in [-0.25, -0.2) is 9.97 Å². The molecule has 3 aromatic heterocycles. The SMILES string of the molecule is C=C(Nc1cccc2cc[nH]c12)c1nc(-c2cccnc2)cnc1N. The number of rotatable bonds is 4. The molecule has 0 aliphatic carbocycles. The van der Waals surface area contributed by atoms with Crippen molar-refractivity contribution in [3.63, 3.8) is 0 Å². The van der Waals surface area contributed by atoms with Gasteiger partial charge in [0, 0.05) is 29.5 Å². The maximum Gasteiger partial charge on any atom is 0.151 e. The largest absolute Gasteiger partial charge is 0.382 e. The van der Waals surface area contributed by atoms with Crippen molar-refractivity contribution in [1.29, 1.82) is 0 Å². The van der Waals surface area contributed by atoms with Crippen LogP contribution in [0.2, 0.25) is 0 Å². The lowest BCUT2D eigenvalue weighted by atomic mass is 10.2. The number of nitrogen functional groups attached to an aromatic ring is 1. The summed E-state index contributed by atoms with van der Waals surface area (Å²) in [5.41, 5.74) is 10.6. The van der Waals surface area contributed by atoms with Crippen molar-refractivity contribution in [3.8, 4) is 11.3 Å². The number of hydrogen-bond donors (Lipinski definition) is 3. The summed E-state index contributed by atoms with van der Waals surface area (Å²) < 4.78 is 0. The Bertz CT molecular complexity index is 1050. The topological polar surface area (TPSA) is 92.5 Å². The van der Waals surface area contributed by atoms with E-state index < -0.39 is 0 Å². The van der Waals surface area contributed by atoms with E-state index in [4.69, 9.17) is 5.73 Å². The van der Waals surface area contributed by atoms with Crippen LogP contribution < -0.4 is 11.1 Å². The van der Waals surface area contributed by atoms with Gasteiger partial charge in [-0.2, -0.15) is 0 Å². The fourth-order valence-electron chi connectivity index (χ4n) is 2.68. The second-order valence-electron chi connectivity index (χ2n) is 5.58. The molecule has 0 bridgehead atoms. The summed E-state index contributed by atoms with van der Waals surface area (Å²) in [4.78, 5) is 16.2. The van der Waals surface area contributed by atoms with E-state index in [1.165, 1.54) is 0 Å². The van der Waals surface area contributed by atoms with E-state index in [0.717, 1.165) is 22.2 Å². The summed E-state index contributed by atoms with van der Waals surface area (Å²) in [5.74, 6) is 0.323. The molecule has 0 spiro atoms. The van der Waals surface area contributed by atoms with Gasteiger partial charge >= 0.3 is 0 Å². The highest BCUT2D eigenvalue weighted by atomic mass is 15.0. The van der Waals surface area contributed by atoms with Crippen LogP contribution in [-0.4, -0.2) is 19.9 Å². The normalized spacial score (nSPS) is 10.7. The minimum absolute atomic E-state index is 0.323. The third-order valence-electron chi connectivity index (χ3n) is 3.92. The molecule has 122 valence electrons. The van der Waals surface area contributed by atoms with Crippen molar-refractivity contribution in [2.75, 3.05) is 11.1 Å². The standard InChI is InChI=1S/C19H16N6/c1-12(24-15-6-2-4-13-7-9-22-18(13)15)17-19(20)23-11-16(25-17)14-5-3-8-21-10-14/h2-11,22,24H,1H2,(H2,20,23). The van der Waals surface area contributed by atoms with E-state index in [0.29, 0.717) is 22.9 Å². The Balaban J connectivity index is 1.69. The first-order valence-electron chi connectivity index (χ1n) is 7.78. The number of nitrogens with zero attached hydrogens (tertiary/aromatic N) is 3. The van der Waals surface area contributed by atoms with Gasteiger partial charge in [0.2, 0.25) is 0 Å². The summed E-state index contributed by atoms with van der Waals surface area (Å²) in [5, 5.41) is 4.39. The molecule has 4 aromatic rings. The number of hydrogen-bond acceptors (Lipinski definition) is 5. The average Bonchev–Trinajstić information content (AvgIpc) is 3.12. The number of fused-ring (bicyclic) bond motifs is 1. The van der Waals surface area contributed by atoms with Crippen LogP contribution in [0.1, 0.15) is 5.69 Å². The van der Waals surface area contributed by atoms with Crippen LogP contribution in [0.4, 0.5) is 11.5 Å². The number of nitrogens with two attached hydrogens (primary N) is 1. The number of nitrogens with one attached hydrogen (secondary N) is 2. The lowest BCUT2D eigenvalue weighted by Gasteiger charge is -2.12. The minimum Gasteiger partial charge on any atom is -0.382 e. The third-order valence-corrected chi connectivity index (χ3v) is 3.92. The molecule has 3 heterocycles. The van der Waals surface area contributed by atoms with Crippen LogP contribution in [-0.2, 0) is 0 Å². The molecular weight excluding hydrogens is 312 g/mol. The highest BCUT2D eigenvalue weighted by Gasteiger charge is 2.11. The Hall–Kier alpha value is -3.67. The summed E-state index contributed by atoms with van der Waals surface area (Å²) in [6.45, 7) is 4.08. The van der Waals surface area contributed by atoms with Crippen molar-refractivity contribution in [1.82, 2.24) is 19.9 Å². The van der Waals surface area contributed by atoms with Gasteiger partial charge in [0.05, 0.1) is 28.8 Å². The Morgan fingerprint density at radius 1 is 1.12 bits per heavy atom. The zero-order valence-electron chi connectivity index (χ0n) is 13.4. The molecule has 6 heteroatoms. The monoisotopic (exact) mass is 328 g/mol. The summed E-state index contributed by atoms with van der Waals surface area (Å²) in [6, 6.07) is 11.8. The van der Waals surface area contributed by atoms with Crippen molar-refractivity contribution < 1.29 is 0 Å². The van der Waals surface area contributed by atoms with E-state index in [1.54, 1.807) is 18.6 Å². The minimum atomic E-state index is 0.323. The first-order valence-corrected chi connectivity index (χ1v) is 7.78. The molecule has 0 radical (unpaired) electrons. The Labute approximate surface area is 144 Å². The second kappa shape index (κ2) is 6.09. The van der Waals surface area contributed by atoms with Crippen LogP contribution in [0.3, 0.4) is 0 Å². The molecule has 0 saturated heterocycles. The predicted molar refractivity (Wildman–Crippen MR) is 101 cm³/mol. The quantitative estimate of drug-likeness (QED) is 0.531. The molecule has 25 heavy (non-hydrogen) atoms. The Kier molecular flexibility index (Phi) is 3.63. The van der Waals surface area contributed by atoms with Crippen molar-refractivity contribution in [3.05, 3.63) is 73.5 Å². The molecule has 0 saturated carbocycles. The molecule has 4 N–H and O–H groups in total. The van der Waals surface area contributed by atoms with E-state index in [9.17, 15) is 0 Å². The van der Waals surface area contributed by atoms with E-state index >= 15 is 0 Å². The molecule has 4 rings (SSSR count). The van der Waals surface area contributed by atoms with Gasteiger partial charge in [-0.15, -0.1) is 0 Å². The molecule has 0 aliphatic rings. The van der Waals surface area contributed by atoms with Gasteiger partial charge in [0.1, 0.15) is 5.69 Å². The van der Waals surface area contributed by atoms with Gasteiger partial charge in [0.15, 0.2) is 5.82 Å². The van der Waals surface area contributed by atoms with E-state index in [2.05, 4.69) is 31.8 Å². The lowest BCUT2D eigenvalue weighted by molar-refractivity contribution is 1.17. The van der Waals surface area contributed by atoms with Crippen LogP contribution in [0.25, 0.3) is 27.9 Å². The molecule has 0 amide bonds. The average molecular weight is 328 g/mol. The molecule has 0 atom stereocenters. The van der Waals surface area contributed by atoms with Crippen molar-refractivity contribution in [2.45, 2.75) is 0 Å². The Morgan fingerprint density at radius 3 is 2.88 bits per heavy atom. The smallest absolute Gasteiger partial charge is 0.151 e. The number of aromatic amines is 1. The van der Waals surface area contributed by atoms with E-state index in [1.807, 2.05) is 42.6 Å². The van der Waals surface area contributed by atoms with Gasteiger partial charge in [-0.1, -0.05) is 18.7 Å². The maximum atomic E-state index is 6.02. The zero-order valence-corrected chi connectivity index (χ0v) is 13.4. The predicted octanol–water partition coefficient (Wildman–Crippen LogP) is 3.68. The highest BCUT2D eigenvalue weighted by Crippen LogP contribution is 2.27. The van der Waals surface area contributed by atoms with Crippen molar-refractivity contribution in [2.24, 2.45) is 0 Å². The summed E-state index contributed by atoms with van der Waals surface area (Å²) >= 11 is 0. The fourth-order valence-corrected chi connectivity index (χ4v) is 2.68. The lowest BCUT2D eigenvalue weighted by Crippen LogP contribution is -2.06. The summed E-state index contributed by atoms with van der Waals surface area (Å²) in [6.07, 6.45) is 6.98. The second-order valence-corrected chi connectivity index (χ2v) is 5.58. The molecule has 0 unspecified atom stereocenters. The third kappa shape index (κ3) is 2.81. The van der Waals surface area contributed by atoms with Gasteiger partial charge in [-0.05, 0) is 24.3 Å². The molecule has 6 nitrogen and oxygen atoms in total. The number of H-pyrrole nitrogens is 1. The van der Waals surface area contributed by atoms with Gasteiger partial charge in [-0.3, -0.25) is 4.98 Å². The fraction of sp³-hybridized carbons (Fsp3) is 0. The van der Waals surface area contributed by atoms with Gasteiger partial charge in [0.25, 0.3) is 0 Å². The zero-order chi connectivity index (χ0) is 17.2. The number of benzene rings is 1. The summed E-state index contributed by atoms with van der Waals surface area (Å²) in [7, 11) is 0. The van der Waals surface area contributed by atoms with E-state index in [-0.39, 0.29) is 0 Å². The van der Waals surface area contributed by atoms with Crippen LogP contribution in [0.5, 0.6) is 0 Å². The first-order chi connectivity index (χ1) is 12.2. The number of anilines is 2. The van der Waals surface area contributed by atoms with Crippen molar-refractivity contribution >= 4 is 28.1 Å². The Morgan fingerprint density at radius 2 is 2.04 bits per heavy atom. The molecule has 0 aliphatic heterocycles. The van der Waals surface area contributed by atoms with Crippen LogP contribution in [0.15, 0.2) is 67.8 Å². The van der Waals surface area contributed by atoms with Crippen LogP contribution >= 0.6 is 0 Å². The van der Waals surface area contributed by atoms with Gasteiger partial charge < -0.3 is 16.0 Å². The highest BCUT2D eigenvalue weighted by molar-refractivity contribution is 5.95. The number of pyridine rings is 1. The van der Waals surface area contributed by atoms with Crippen LogP contribution in [0, 0.1) is 0 Å².